The highest BCUT2D eigenvalue weighted by molar-refractivity contribution is 7.99. The SMILES string of the molecule is Cn1ccnc1-c1cccc(Sc2ccc3c4ccc5sc6ccccc6c5c4n(-c4ccccn4)c3c2)c1. The zero-order valence-electron chi connectivity index (χ0n) is 21.1. The Morgan fingerprint density at radius 2 is 1.56 bits per heavy atom. The van der Waals surface area contributed by atoms with E-state index in [4.69, 9.17) is 4.98 Å². The molecule has 0 aliphatic carbocycles. The molecule has 186 valence electrons. The fraction of sp³-hybridized carbons (Fsp3) is 0.0303. The maximum atomic E-state index is 4.80. The Labute approximate surface area is 233 Å². The molecule has 0 radical (unpaired) electrons. The van der Waals surface area contributed by atoms with Crippen molar-refractivity contribution in [1.29, 1.82) is 0 Å². The van der Waals surface area contributed by atoms with Crippen LogP contribution in [0.15, 0.2) is 125 Å². The number of aromatic nitrogens is 4. The molecule has 0 bridgehead atoms. The third-order valence-electron chi connectivity index (χ3n) is 7.27. The molecule has 0 aliphatic heterocycles. The van der Waals surface area contributed by atoms with Crippen molar-refractivity contribution in [3.8, 4) is 17.2 Å². The van der Waals surface area contributed by atoms with Gasteiger partial charge in [-0.1, -0.05) is 60.3 Å². The van der Waals surface area contributed by atoms with Crippen LogP contribution in [0.1, 0.15) is 0 Å². The zero-order chi connectivity index (χ0) is 25.9. The molecule has 6 heteroatoms. The van der Waals surface area contributed by atoms with Crippen LogP contribution < -0.4 is 0 Å². The lowest BCUT2D eigenvalue weighted by molar-refractivity contribution is 0.924. The average Bonchev–Trinajstić information content (AvgIpc) is 3.66. The van der Waals surface area contributed by atoms with Crippen molar-refractivity contribution in [2.24, 2.45) is 7.05 Å². The van der Waals surface area contributed by atoms with Crippen LogP contribution in [0.3, 0.4) is 0 Å². The minimum atomic E-state index is 0.930. The second kappa shape index (κ2) is 8.83. The quantitative estimate of drug-likeness (QED) is 0.224. The third kappa shape index (κ3) is 3.60. The molecular weight excluding hydrogens is 517 g/mol. The maximum Gasteiger partial charge on any atom is 0.139 e. The Bertz CT molecular complexity index is 2170. The lowest BCUT2D eigenvalue weighted by Crippen LogP contribution is -1.96. The number of hydrogen-bond acceptors (Lipinski definition) is 4. The van der Waals surface area contributed by atoms with E-state index in [-0.39, 0.29) is 0 Å². The van der Waals surface area contributed by atoms with Crippen LogP contribution in [-0.2, 0) is 7.05 Å². The minimum absolute atomic E-state index is 0.930. The molecule has 0 fully saturated rings. The first kappa shape index (κ1) is 22.6. The molecule has 8 aromatic rings. The van der Waals surface area contributed by atoms with Gasteiger partial charge in [-0.2, -0.15) is 0 Å². The van der Waals surface area contributed by atoms with Crippen molar-refractivity contribution < 1.29 is 0 Å². The van der Waals surface area contributed by atoms with E-state index in [0.29, 0.717) is 0 Å². The Morgan fingerprint density at radius 3 is 2.44 bits per heavy atom. The Hall–Kier alpha value is -4.39. The number of fused-ring (bicyclic) bond motifs is 7. The van der Waals surface area contributed by atoms with Gasteiger partial charge in [0.05, 0.1) is 11.0 Å². The summed E-state index contributed by atoms with van der Waals surface area (Å²) >= 11 is 3.62. The number of aryl methyl sites for hydroxylation is 1. The number of imidazole rings is 1. The number of nitrogens with zero attached hydrogens (tertiary/aromatic N) is 4. The minimum Gasteiger partial charge on any atom is -0.334 e. The van der Waals surface area contributed by atoms with Gasteiger partial charge in [0, 0.05) is 71.9 Å². The summed E-state index contributed by atoms with van der Waals surface area (Å²) in [5.74, 6) is 1.90. The topological polar surface area (TPSA) is 35.6 Å². The van der Waals surface area contributed by atoms with Gasteiger partial charge in [-0.15, -0.1) is 11.3 Å². The highest BCUT2D eigenvalue weighted by Gasteiger charge is 2.19. The Kier molecular flexibility index (Phi) is 5.11. The molecule has 8 rings (SSSR count). The maximum absolute atomic E-state index is 4.80. The summed E-state index contributed by atoms with van der Waals surface area (Å²) in [5, 5.41) is 5.08. The van der Waals surface area contributed by atoms with Gasteiger partial charge < -0.3 is 4.57 Å². The monoisotopic (exact) mass is 538 g/mol. The molecule has 4 aromatic heterocycles. The van der Waals surface area contributed by atoms with Crippen LogP contribution in [0.4, 0.5) is 0 Å². The Balaban J connectivity index is 1.36. The van der Waals surface area contributed by atoms with E-state index < -0.39 is 0 Å². The first-order chi connectivity index (χ1) is 19.2. The summed E-state index contributed by atoms with van der Waals surface area (Å²) in [6.07, 6.45) is 5.70. The van der Waals surface area contributed by atoms with Gasteiger partial charge in [-0.3, -0.25) is 4.57 Å². The first-order valence-electron chi connectivity index (χ1n) is 12.8. The Morgan fingerprint density at radius 1 is 0.692 bits per heavy atom. The summed E-state index contributed by atoms with van der Waals surface area (Å²) in [6, 6.07) is 34.8. The van der Waals surface area contributed by atoms with Gasteiger partial charge in [0.15, 0.2) is 0 Å². The number of hydrogen-bond donors (Lipinski definition) is 0. The fourth-order valence-corrected chi connectivity index (χ4v) is 7.58. The van der Waals surface area contributed by atoms with E-state index in [1.807, 2.05) is 43.0 Å². The van der Waals surface area contributed by atoms with Crippen molar-refractivity contribution >= 4 is 65.1 Å². The normalized spacial score (nSPS) is 11.8. The molecule has 0 N–H and O–H groups in total. The van der Waals surface area contributed by atoms with Crippen molar-refractivity contribution in [2.45, 2.75) is 9.79 Å². The second-order valence-corrected chi connectivity index (χ2v) is 11.9. The van der Waals surface area contributed by atoms with Crippen molar-refractivity contribution in [1.82, 2.24) is 19.1 Å². The van der Waals surface area contributed by atoms with Crippen molar-refractivity contribution in [2.75, 3.05) is 0 Å². The van der Waals surface area contributed by atoms with Gasteiger partial charge in [0.1, 0.15) is 11.6 Å². The molecule has 0 saturated heterocycles. The van der Waals surface area contributed by atoms with Gasteiger partial charge in [0.2, 0.25) is 0 Å². The average molecular weight is 539 g/mol. The van der Waals surface area contributed by atoms with Crippen LogP contribution >= 0.6 is 23.1 Å². The standard InChI is InChI=1S/C33H22N4S2/c1-36-18-17-35-33(36)21-7-6-8-22(19-21)38-23-12-13-24-25-14-15-29-31(26-9-2-3-10-28(26)39-29)32(25)37(27(24)20-23)30-11-4-5-16-34-30/h2-20H,1H3. The van der Waals surface area contributed by atoms with Crippen LogP contribution in [0, 0.1) is 0 Å². The predicted octanol–water partition coefficient (Wildman–Crippen LogP) is 9.10. The smallest absolute Gasteiger partial charge is 0.139 e. The van der Waals surface area contributed by atoms with E-state index in [9.17, 15) is 0 Å². The van der Waals surface area contributed by atoms with Gasteiger partial charge in [-0.05, 0) is 48.5 Å². The summed E-state index contributed by atoms with van der Waals surface area (Å²) in [4.78, 5) is 11.7. The zero-order valence-corrected chi connectivity index (χ0v) is 22.7. The van der Waals surface area contributed by atoms with Crippen molar-refractivity contribution in [3.63, 3.8) is 0 Å². The van der Waals surface area contributed by atoms with E-state index >= 15 is 0 Å². The molecular formula is C33H22N4S2. The summed E-state index contributed by atoms with van der Waals surface area (Å²) < 4.78 is 7.00. The molecule has 0 atom stereocenters. The van der Waals surface area contributed by atoms with Gasteiger partial charge >= 0.3 is 0 Å². The van der Waals surface area contributed by atoms with E-state index in [2.05, 4.69) is 105 Å². The lowest BCUT2D eigenvalue weighted by atomic mass is 10.1. The molecule has 4 heterocycles. The van der Waals surface area contributed by atoms with Crippen LogP contribution in [-0.4, -0.2) is 19.1 Å². The largest absolute Gasteiger partial charge is 0.334 e. The van der Waals surface area contributed by atoms with Gasteiger partial charge in [0.25, 0.3) is 0 Å². The highest BCUT2D eigenvalue weighted by atomic mass is 32.2. The molecule has 0 unspecified atom stereocenters. The molecule has 0 saturated carbocycles. The number of rotatable bonds is 4. The van der Waals surface area contributed by atoms with E-state index in [1.54, 1.807) is 11.8 Å². The molecule has 4 nitrogen and oxygen atoms in total. The molecule has 0 spiro atoms. The summed E-state index contributed by atoms with van der Waals surface area (Å²) in [7, 11) is 2.03. The number of benzene rings is 4. The predicted molar refractivity (Wildman–Crippen MR) is 164 cm³/mol. The first-order valence-corrected chi connectivity index (χ1v) is 14.4. The summed E-state index contributed by atoms with van der Waals surface area (Å²) in [6.45, 7) is 0. The van der Waals surface area contributed by atoms with E-state index in [0.717, 1.165) is 22.7 Å². The molecule has 0 amide bonds. The van der Waals surface area contributed by atoms with Crippen LogP contribution in [0.5, 0.6) is 0 Å². The molecule has 0 aliphatic rings. The number of pyridine rings is 1. The lowest BCUT2D eigenvalue weighted by Gasteiger charge is -2.09. The highest BCUT2D eigenvalue weighted by Crippen LogP contribution is 2.43. The molecule has 4 aromatic carbocycles. The van der Waals surface area contributed by atoms with E-state index in [1.165, 1.54) is 46.3 Å². The number of thiophene rings is 1. The van der Waals surface area contributed by atoms with Gasteiger partial charge in [-0.25, -0.2) is 9.97 Å². The third-order valence-corrected chi connectivity index (χ3v) is 9.38. The summed E-state index contributed by atoms with van der Waals surface area (Å²) in [5.41, 5.74) is 3.50. The fourth-order valence-electron chi connectivity index (χ4n) is 5.56. The van der Waals surface area contributed by atoms with Crippen molar-refractivity contribution in [3.05, 3.63) is 116 Å². The van der Waals surface area contributed by atoms with Crippen LogP contribution in [0.25, 0.3) is 59.2 Å². The molecule has 39 heavy (non-hydrogen) atoms. The second-order valence-electron chi connectivity index (χ2n) is 9.63. The van der Waals surface area contributed by atoms with Crippen LogP contribution in [0.2, 0.25) is 0 Å².